The molecule has 0 aromatic rings. The molecule has 0 aromatic carbocycles. The normalized spacial score (nSPS) is 32.2. The lowest BCUT2D eigenvalue weighted by molar-refractivity contribution is -0.188. The van der Waals surface area contributed by atoms with Gasteiger partial charge in [0, 0.05) is 25.6 Å². The topological polar surface area (TPSA) is 46.3 Å². The standard InChI is InChI=1S/C14H23F3N2O/c15-14(16,17)11-5-3-7-19(9-11)13(20)8-10-4-1-2-6-12(10)18/h10-12H,1-9,18H2. The van der Waals surface area contributed by atoms with E-state index in [1.807, 2.05) is 0 Å². The second-order valence-electron chi connectivity index (χ2n) is 6.13. The smallest absolute Gasteiger partial charge is 0.342 e. The summed E-state index contributed by atoms with van der Waals surface area (Å²) in [5.74, 6) is -1.37. The van der Waals surface area contributed by atoms with Crippen molar-refractivity contribution in [1.29, 1.82) is 0 Å². The molecule has 3 unspecified atom stereocenters. The van der Waals surface area contributed by atoms with Crippen molar-refractivity contribution >= 4 is 5.91 Å². The van der Waals surface area contributed by atoms with E-state index in [4.69, 9.17) is 5.73 Å². The van der Waals surface area contributed by atoms with Crippen LogP contribution in [0.4, 0.5) is 13.2 Å². The highest BCUT2D eigenvalue weighted by Gasteiger charge is 2.42. The quantitative estimate of drug-likeness (QED) is 0.850. The van der Waals surface area contributed by atoms with E-state index in [0.29, 0.717) is 19.4 Å². The van der Waals surface area contributed by atoms with Gasteiger partial charge in [-0.3, -0.25) is 4.79 Å². The lowest BCUT2D eigenvalue weighted by Crippen LogP contribution is -2.46. The summed E-state index contributed by atoms with van der Waals surface area (Å²) in [6.45, 7) is 0.275. The summed E-state index contributed by atoms with van der Waals surface area (Å²) in [6, 6.07) is 0.0240. The molecule has 1 saturated heterocycles. The van der Waals surface area contributed by atoms with Gasteiger partial charge in [0.25, 0.3) is 0 Å². The van der Waals surface area contributed by atoms with Gasteiger partial charge in [-0.05, 0) is 31.6 Å². The van der Waals surface area contributed by atoms with Gasteiger partial charge in [0.2, 0.25) is 5.91 Å². The molecule has 0 aromatic heterocycles. The van der Waals surface area contributed by atoms with Gasteiger partial charge < -0.3 is 10.6 Å². The predicted molar refractivity (Wildman–Crippen MR) is 69.9 cm³/mol. The van der Waals surface area contributed by atoms with Crippen LogP contribution in [0.25, 0.3) is 0 Å². The maximum Gasteiger partial charge on any atom is 0.393 e. The zero-order valence-corrected chi connectivity index (χ0v) is 11.7. The van der Waals surface area contributed by atoms with Crippen molar-refractivity contribution < 1.29 is 18.0 Å². The Hall–Kier alpha value is -0.780. The Morgan fingerprint density at radius 2 is 1.85 bits per heavy atom. The second-order valence-corrected chi connectivity index (χ2v) is 6.13. The lowest BCUT2D eigenvalue weighted by Gasteiger charge is -2.36. The molecule has 1 saturated carbocycles. The average molecular weight is 292 g/mol. The van der Waals surface area contributed by atoms with Crippen molar-refractivity contribution in [2.75, 3.05) is 13.1 Å². The predicted octanol–water partition coefficient (Wildman–Crippen LogP) is 2.69. The van der Waals surface area contributed by atoms with Crippen molar-refractivity contribution in [3.05, 3.63) is 0 Å². The van der Waals surface area contributed by atoms with E-state index in [-0.39, 0.29) is 30.8 Å². The summed E-state index contributed by atoms with van der Waals surface area (Å²) in [7, 11) is 0. The van der Waals surface area contributed by atoms with Gasteiger partial charge in [-0.15, -0.1) is 0 Å². The van der Waals surface area contributed by atoms with Crippen LogP contribution in [0, 0.1) is 11.8 Å². The third kappa shape index (κ3) is 3.87. The number of hydrogen-bond acceptors (Lipinski definition) is 2. The maximum absolute atomic E-state index is 12.7. The number of amides is 1. The molecule has 1 aliphatic carbocycles. The summed E-state index contributed by atoms with van der Waals surface area (Å²) in [5.41, 5.74) is 6.00. The Morgan fingerprint density at radius 1 is 1.15 bits per heavy atom. The van der Waals surface area contributed by atoms with Crippen molar-refractivity contribution in [2.24, 2.45) is 17.6 Å². The molecule has 2 rings (SSSR count). The summed E-state index contributed by atoms with van der Waals surface area (Å²) >= 11 is 0. The van der Waals surface area contributed by atoms with Gasteiger partial charge in [0.05, 0.1) is 5.92 Å². The maximum atomic E-state index is 12.7. The highest BCUT2D eigenvalue weighted by molar-refractivity contribution is 5.76. The molecule has 6 heteroatoms. The second kappa shape index (κ2) is 6.33. The van der Waals surface area contributed by atoms with Crippen molar-refractivity contribution in [1.82, 2.24) is 4.90 Å². The first kappa shape index (κ1) is 15.6. The van der Waals surface area contributed by atoms with Crippen LogP contribution in [-0.2, 0) is 4.79 Å². The fourth-order valence-electron chi connectivity index (χ4n) is 3.31. The van der Waals surface area contributed by atoms with E-state index in [9.17, 15) is 18.0 Å². The monoisotopic (exact) mass is 292 g/mol. The van der Waals surface area contributed by atoms with E-state index < -0.39 is 12.1 Å². The molecule has 0 bridgehead atoms. The molecule has 2 N–H and O–H groups in total. The Bertz CT molecular complexity index is 346. The molecule has 2 aliphatic rings. The van der Waals surface area contributed by atoms with Crippen molar-refractivity contribution in [2.45, 2.75) is 57.2 Å². The van der Waals surface area contributed by atoms with Crippen LogP contribution in [-0.4, -0.2) is 36.1 Å². The van der Waals surface area contributed by atoms with E-state index in [1.54, 1.807) is 0 Å². The molecule has 3 nitrogen and oxygen atoms in total. The van der Waals surface area contributed by atoms with Crippen molar-refractivity contribution in [3.63, 3.8) is 0 Å². The minimum Gasteiger partial charge on any atom is -0.342 e. The zero-order valence-electron chi connectivity index (χ0n) is 11.7. The van der Waals surface area contributed by atoms with E-state index in [2.05, 4.69) is 0 Å². The van der Waals surface area contributed by atoms with Gasteiger partial charge in [-0.25, -0.2) is 0 Å². The molecule has 116 valence electrons. The van der Waals surface area contributed by atoms with Crippen LogP contribution in [0.2, 0.25) is 0 Å². The third-order valence-electron chi connectivity index (χ3n) is 4.64. The Morgan fingerprint density at radius 3 is 2.50 bits per heavy atom. The number of piperidine rings is 1. The van der Waals surface area contributed by atoms with E-state index >= 15 is 0 Å². The number of carbonyl (C=O) groups is 1. The molecule has 1 amide bonds. The largest absolute Gasteiger partial charge is 0.393 e. The fraction of sp³-hybridized carbons (Fsp3) is 0.929. The van der Waals surface area contributed by atoms with Gasteiger partial charge in [-0.2, -0.15) is 13.2 Å². The minimum atomic E-state index is -4.19. The van der Waals surface area contributed by atoms with E-state index in [1.165, 1.54) is 4.90 Å². The molecule has 1 heterocycles. The Labute approximate surface area is 117 Å². The first-order valence-corrected chi connectivity index (χ1v) is 7.48. The van der Waals surface area contributed by atoms with Gasteiger partial charge in [0.1, 0.15) is 0 Å². The summed E-state index contributed by atoms with van der Waals surface area (Å²) in [5, 5.41) is 0. The van der Waals surface area contributed by atoms with Gasteiger partial charge in [0.15, 0.2) is 0 Å². The first-order valence-electron chi connectivity index (χ1n) is 7.48. The minimum absolute atomic E-state index is 0.0240. The number of likely N-dealkylation sites (tertiary alicyclic amines) is 1. The fourth-order valence-corrected chi connectivity index (χ4v) is 3.31. The van der Waals surface area contributed by atoms with Crippen LogP contribution < -0.4 is 5.73 Å². The molecule has 1 aliphatic heterocycles. The molecule has 0 spiro atoms. The van der Waals surface area contributed by atoms with Gasteiger partial charge in [-0.1, -0.05) is 12.8 Å². The number of rotatable bonds is 2. The number of alkyl halides is 3. The summed E-state index contributed by atoms with van der Waals surface area (Å²) in [6.07, 6.45) is 0.684. The molecule has 3 atom stereocenters. The van der Waals surface area contributed by atoms with Crippen molar-refractivity contribution in [3.8, 4) is 0 Å². The molecular weight excluding hydrogens is 269 g/mol. The number of carbonyl (C=O) groups excluding carboxylic acids is 1. The number of nitrogens with zero attached hydrogens (tertiary/aromatic N) is 1. The Kier molecular flexibility index (Phi) is 4.94. The van der Waals surface area contributed by atoms with Crippen LogP contribution in [0.1, 0.15) is 44.9 Å². The lowest BCUT2D eigenvalue weighted by atomic mass is 9.82. The number of nitrogens with two attached hydrogens (primary N) is 1. The SMILES string of the molecule is NC1CCCCC1CC(=O)N1CCCC(C(F)(F)F)C1. The zero-order chi connectivity index (χ0) is 14.8. The summed E-state index contributed by atoms with van der Waals surface area (Å²) < 4.78 is 38.2. The first-order chi connectivity index (χ1) is 9.38. The molecule has 2 fully saturated rings. The van der Waals surface area contributed by atoms with Crippen LogP contribution in [0.3, 0.4) is 0 Å². The molecule has 20 heavy (non-hydrogen) atoms. The Balaban J connectivity index is 1.88. The highest BCUT2D eigenvalue weighted by Crippen LogP contribution is 2.34. The van der Waals surface area contributed by atoms with Crippen LogP contribution in [0.15, 0.2) is 0 Å². The van der Waals surface area contributed by atoms with Crippen LogP contribution >= 0.6 is 0 Å². The number of hydrogen-bond donors (Lipinski definition) is 1. The van der Waals surface area contributed by atoms with E-state index in [0.717, 1.165) is 25.7 Å². The summed E-state index contributed by atoms with van der Waals surface area (Å²) in [4.78, 5) is 13.6. The molecule has 0 radical (unpaired) electrons. The third-order valence-corrected chi connectivity index (χ3v) is 4.64. The highest BCUT2D eigenvalue weighted by atomic mass is 19.4. The molecular formula is C14H23F3N2O. The van der Waals surface area contributed by atoms with Gasteiger partial charge >= 0.3 is 6.18 Å². The number of halogens is 3. The van der Waals surface area contributed by atoms with Crippen LogP contribution in [0.5, 0.6) is 0 Å². The average Bonchev–Trinajstić information content (AvgIpc) is 2.40.